The Kier molecular flexibility index (Phi) is 2.68. The number of carbonyl (C=O) groups is 1. The molecule has 0 saturated heterocycles. The van der Waals surface area contributed by atoms with Crippen molar-refractivity contribution in [3.05, 3.63) is 30.5 Å². The fourth-order valence-corrected chi connectivity index (χ4v) is 1.44. The number of rotatable bonds is 3. The van der Waals surface area contributed by atoms with Crippen molar-refractivity contribution >= 4 is 16.9 Å². The van der Waals surface area contributed by atoms with Crippen LogP contribution in [0.25, 0.3) is 10.9 Å². The molecule has 0 amide bonds. The van der Waals surface area contributed by atoms with E-state index in [0.717, 1.165) is 11.1 Å². The van der Waals surface area contributed by atoms with Gasteiger partial charge in [-0.05, 0) is 18.2 Å². The van der Waals surface area contributed by atoms with Crippen molar-refractivity contribution in [3.63, 3.8) is 0 Å². The van der Waals surface area contributed by atoms with Crippen molar-refractivity contribution in [2.45, 2.75) is 6.54 Å². The maximum Gasteiger partial charge on any atom is 0.213 e. The predicted octanol–water partition coefficient (Wildman–Crippen LogP) is -0.719. The molecule has 1 heterocycles. The quantitative estimate of drug-likeness (QED) is 0.638. The summed E-state index contributed by atoms with van der Waals surface area (Å²) in [7, 11) is 1.59. The van der Waals surface area contributed by atoms with Gasteiger partial charge in [0.15, 0.2) is 6.20 Å². The second-order valence-electron chi connectivity index (χ2n) is 3.31. The zero-order chi connectivity index (χ0) is 11.5. The van der Waals surface area contributed by atoms with Crippen LogP contribution in [-0.2, 0) is 11.3 Å². The number of aliphatic carboxylic acids is 1. The predicted molar refractivity (Wildman–Crippen MR) is 53.5 cm³/mol. The smallest absolute Gasteiger partial charge is 0.213 e. The Morgan fingerprint density at radius 3 is 3.00 bits per heavy atom. The van der Waals surface area contributed by atoms with Gasteiger partial charge in [0.05, 0.1) is 7.11 Å². The number of carboxylic acid groups (broad SMARTS) is 1. The highest BCUT2D eigenvalue weighted by Gasteiger charge is 2.06. The summed E-state index contributed by atoms with van der Waals surface area (Å²) in [6.45, 7) is -0.248. The fourth-order valence-electron chi connectivity index (χ4n) is 1.44. The minimum Gasteiger partial charge on any atom is -0.544 e. The van der Waals surface area contributed by atoms with Crippen LogP contribution in [0.1, 0.15) is 0 Å². The fraction of sp³-hybridized carbons (Fsp3) is 0.182. The number of carboxylic acids is 1. The molecule has 2 rings (SSSR count). The molecule has 0 aliphatic rings. The number of nitrogens with zero attached hydrogens (tertiary/aromatic N) is 2. The summed E-state index contributed by atoms with van der Waals surface area (Å²) in [5, 5.41) is 15.4. The zero-order valence-corrected chi connectivity index (χ0v) is 8.71. The van der Waals surface area contributed by atoms with Crippen LogP contribution in [0.5, 0.6) is 5.75 Å². The lowest BCUT2D eigenvalue weighted by molar-refractivity contribution is -0.745. The van der Waals surface area contributed by atoms with Gasteiger partial charge in [0.2, 0.25) is 6.54 Å². The maximum atomic E-state index is 10.4. The Morgan fingerprint density at radius 1 is 1.50 bits per heavy atom. The van der Waals surface area contributed by atoms with Crippen LogP contribution in [-0.4, -0.2) is 18.2 Å². The summed E-state index contributed by atoms with van der Waals surface area (Å²) in [6, 6.07) is 7.18. The second-order valence-corrected chi connectivity index (χ2v) is 3.31. The van der Waals surface area contributed by atoms with Gasteiger partial charge in [0, 0.05) is 16.6 Å². The van der Waals surface area contributed by atoms with Gasteiger partial charge in [-0.1, -0.05) is 4.68 Å². The van der Waals surface area contributed by atoms with E-state index in [-0.39, 0.29) is 6.54 Å². The van der Waals surface area contributed by atoms with Crippen molar-refractivity contribution in [1.29, 1.82) is 0 Å². The van der Waals surface area contributed by atoms with Gasteiger partial charge in [-0.3, -0.25) is 0 Å². The Hall–Kier alpha value is -2.17. The van der Waals surface area contributed by atoms with Gasteiger partial charge in [-0.15, -0.1) is 0 Å². The van der Waals surface area contributed by atoms with Crippen LogP contribution in [0.15, 0.2) is 30.5 Å². The van der Waals surface area contributed by atoms with Crippen LogP contribution in [0, 0.1) is 0 Å². The third-order valence-electron chi connectivity index (χ3n) is 2.19. The van der Waals surface area contributed by atoms with Crippen molar-refractivity contribution in [2.75, 3.05) is 7.11 Å². The number of methoxy groups -OCH3 is 1. The minimum atomic E-state index is -1.16. The van der Waals surface area contributed by atoms with Crippen molar-refractivity contribution < 1.29 is 19.3 Å². The molecule has 0 aliphatic heterocycles. The third kappa shape index (κ3) is 2.08. The molecule has 16 heavy (non-hydrogen) atoms. The molecule has 0 saturated carbocycles. The number of carbonyl (C=O) groups excluding carboxylic acids is 1. The average Bonchev–Trinajstić information content (AvgIpc) is 2.27. The van der Waals surface area contributed by atoms with Gasteiger partial charge >= 0.3 is 0 Å². The molecule has 1 aromatic carbocycles. The molecule has 0 bridgehead atoms. The first-order valence-electron chi connectivity index (χ1n) is 4.73. The summed E-state index contributed by atoms with van der Waals surface area (Å²) < 4.78 is 6.40. The molecule has 82 valence electrons. The Balaban J connectivity index is 2.43. The van der Waals surface area contributed by atoms with E-state index < -0.39 is 5.97 Å². The zero-order valence-electron chi connectivity index (χ0n) is 8.71. The van der Waals surface area contributed by atoms with E-state index in [4.69, 9.17) is 4.74 Å². The van der Waals surface area contributed by atoms with Crippen molar-refractivity contribution in [1.82, 2.24) is 5.10 Å². The molecule has 0 spiro atoms. The lowest BCUT2D eigenvalue weighted by Crippen LogP contribution is -2.46. The minimum absolute atomic E-state index is 0.248. The van der Waals surface area contributed by atoms with Gasteiger partial charge in [-0.25, -0.2) is 0 Å². The van der Waals surface area contributed by atoms with E-state index in [1.54, 1.807) is 31.5 Å². The highest BCUT2D eigenvalue weighted by molar-refractivity contribution is 5.78. The standard InChI is InChI=1S/C11H10N2O3/c1-16-9-2-3-10-8(6-9)4-5-13(12-10)7-11(14)15/h2-6H,7H2,1H3. The van der Waals surface area contributed by atoms with Crippen LogP contribution in [0.4, 0.5) is 0 Å². The first-order chi connectivity index (χ1) is 7.69. The van der Waals surface area contributed by atoms with Gasteiger partial charge in [-0.2, -0.15) is 0 Å². The maximum absolute atomic E-state index is 10.4. The SMILES string of the molecule is COc1ccc2n[n+](CC(=O)[O-])ccc2c1. The topological polar surface area (TPSA) is 66.1 Å². The molecular formula is C11H10N2O3. The normalized spacial score (nSPS) is 10.3. The average molecular weight is 218 g/mol. The monoisotopic (exact) mass is 218 g/mol. The number of benzene rings is 1. The molecular weight excluding hydrogens is 208 g/mol. The highest BCUT2D eigenvalue weighted by Crippen LogP contribution is 2.17. The second kappa shape index (κ2) is 4.14. The van der Waals surface area contributed by atoms with E-state index in [1.165, 1.54) is 4.68 Å². The van der Waals surface area contributed by atoms with E-state index in [1.807, 2.05) is 6.07 Å². The van der Waals surface area contributed by atoms with Gasteiger partial charge in [0.25, 0.3) is 0 Å². The highest BCUT2D eigenvalue weighted by atomic mass is 16.5. The van der Waals surface area contributed by atoms with Crippen LogP contribution in [0.3, 0.4) is 0 Å². The summed E-state index contributed by atoms with van der Waals surface area (Å²) in [5.74, 6) is -0.419. The molecule has 0 N–H and O–H groups in total. The molecule has 5 heteroatoms. The third-order valence-corrected chi connectivity index (χ3v) is 2.19. The van der Waals surface area contributed by atoms with Gasteiger partial charge in [0.1, 0.15) is 17.2 Å². The first kappa shape index (κ1) is 10.4. The molecule has 0 fully saturated rings. The number of hydrogen-bond donors (Lipinski definition) is 0. The van der Waals surface area contributed by atoms with Crippen LogP contribution < -0.4 is 14.5 Å². The van der Waals surface area contributed by atoms with Crippen molar-refractivity contribution in [2.24, 2.45) is 0 Å². The molecule has 1 aromatic heterocycles. The molecule has 0 radical (unpaired) electrons. The lowest BCUT2D eigenvalue weighted by Gasteiger charge is -2.01. The lowest BCUT2D eigenvalue weighted by atomic mass is 10.2. The number of hydrogen-bond acceptors (Lipinski definition) is 4. The largest absolute Gasteiger partial charge is 0.544 e. The van der Waals surface area contributed by atoms with E-state index in [9.17, 15) is 9.90 Å². The molecule has 2 aromatic rings. The molecule has 0 aliphatic carbocycles. The molecule has 0 atom stereocenters. The van der Waals surface area contributed by atoms with Gasteiger partial charge < -0.3 is 14.6 Å². The molecule has 5 nitrogen and oxygen atoms in total. The Morgan fingerprint density at radius 2 is 2.31 bits per heavy atom. The van der Waals surface area contributed by atoms with E-state index >= 15 is 0 Å². The number of ether oxygens (including phenoxy) is 1. The first-order valence-corrected chi connectivity index (χ1v) is 4.73. The Labute approximate surface area is 91.9 Å². The number of aromatic nitrogens is 2. The molecule has 0 unspecified atom stereocenters. The van der Waals surface area contributed by atoms with Crippen LogP contribution >= 0.6 is 0 Å². The summed E-state index contributed by atoms with van der Waals surface area (Å²) in [4.78, 5) is 10.4. The summed E-state index contributed by atoms with van der Waals surface area (Å²) >= 11 is 0. The summed E-state index contributed by atoms with van der Waals surface area (Å²) in [6.07, 6.45) is 1.59. The number of fused-ring (bicyclic) bond motifs is 1. The van der Waals surface area contributed by atoms with Crippen LogP contribution in [0.2, 0.25) is 0 Å². The van der Waals surface area contributed by atoms with E-state index in [0.29, 0.717) is 5.52 Å². The Bertz CT molecular complexity index is 540. The summed E-state index contributed by atoms with van der Waals surface area (Å²) in [5.41, 5.74) is 0.713. The van der Waals surface area contributed by atoms with Crippen molar-refractivity contribution in [3.8, 4) is 5.75 Å². The van der Waals surface area contributed by atoms with E-state index in [2.05, 4.69) is 5.10 Å².